The Morgan fingerprint density at radius 1 is 1.43 bits per heavy atom. The fourth-order valence-corrected chi connectivity index (χ4v) is 2.59. The van der Waals surface area contributed by atoms with Crippen LogP contribution in [-0.2, 0) is 0 Å². The summed E-state index contributed by atoms with van der Waals surface area (Å²) in [6.07, 6.45) is 12.3. The molecule has 0 aromatic rings. The van der Waals surface area contributed by atoms with Crippen molar-refractivity contribution in [2.24, 2.45) is 11.8 Å². The van der Waals surface area contributed by atoms with Gasteiger partial charge in [-0.2, -0.15) is 0 Å². The lowest BCUT2D eigenvalue weighted by atomic mass is 9.77. The molecule has 0 heterocycles. The van der Waals surface area contributed by atoms with Crippen molar-refractivity contribution < 1.29 is 0 Å². The van der Waals surface area contributed by atoms with Crippen molar-refractivity contribution in [3.8, 4) is 12.3 Å². The third-order valence-electron chi connectivity index (χ3n) is 3.48. The minimum absolute atomic E-state index is 0.314. The van der Waals surface area contributed by atoms with E-state index < -0.39 is 0 Å². The molecule has 1 aliphatic carbocycles. The zero-order chi connectivity index (χ0) is 10.4. The van der Waals surface area contributed by atoms with Crippen LogP contribution in [0.3, 0.4) is 0 Å². The first-order chi connectivity index (χ1) is 6.81. The van der Waals surface area contributed by atoms with Crippen LogP contribution in [0.25, 0.3) is 0 Å². The Hall–Kier alpha value is -0.480. The average molecular weight is 193 g/mol. The minimum Gasteiger partial charge on any atom is -0.304 e. The van der Waals surface area contributed by atoms with Gasteiger partial charge in [0, 0.05) is 0 Å². The predicted octanol–water partition coefficient (Wildman–Crippen LogP) is 2.81. The zero-order valence-corrected chi connectivity index (χ0v) is 9.55. The van der Waals surface area contributed by atoms with Gasteiger partial charge < -0.3 is 5.32 Å². The summed E-state index contributed by atoms with van der Waals surface area (Å²) in [6.45, 7) is 5.41. The van der Waals surface area contributed by atoms with E-state index in [9.17, 15) is 0 Å². The van der Waals surface area contributed by atoms with Gasteiger partial charge in [0.1, 0.15) is 0 Å². The smallest absolute Gasteiger partial charge is 0.0715 e. The van der Waals surface area contributed by atoms with Crippen LogP contribution in [0.2, 0.25) is 0 Å². The highest BCUT2D eigenvalue weighted by molar-refractivity contribution is 5.03. The van der Waals surface area contributed by atoms with Gasteiger partial charge in [0.05, 0.1) is 6.04 Å². The molecule has 1 nitrogen and oxygen atoms in total. The Kier molecular flexibility index (Phi) is 5.04. The summed E-state index contributed by atoms with van der Waals surface area (Å²) in [7, 11) is 0. The van der Waals surface area contributed by atoms with E-state index >= 15 is 0 Å². The van der Waals surface area contributed by atoms with Crippen LogP contribution >= 0.6 is 0 Å². The van der Waals surface area contributed by atoms with E-state index in [-0.39, 0.29) is 0 Å². The molecule has 1 N–H and O–H groups in total. The first kappa shape index (κ1) is 11.6. The molecule has 3 unspecified atom stereocenters. The zero-order valence-electron chi connectivity index (χ0n) is 9.55. The van der Waals surface area contributed by atoms with E-state index in [4.69, 9.17) is 6.42 Å². The minimum atomic E-state index is 0.314. The number of nitrogens with one attached hydrogen (secondary N) is 1. The van der Waals surface area contributed by atoms with Crippen LogP contribution in [0.1, 0.15) is 46.0 Å². The van der Waals surface area contributed by atoms with Gasteiger partial charge in [-0.1, -0.05) is 39.0 Å². The first-order valence-corrected chi connectivity index (χ1v) is 6.01. The van der Waals surface area contributed by atoms with Crippen LogP contribution in [0, 0.1) is 24.2 Å². The molecule has 14 heavy (non-hydrogen) atoms. The van der Waals surface area contributed by atoms with E-state index in [0.29, 0.717) is 6.04 Å². The molecule has 0 bridgehead atoms. The van der Waals surface area contributed by atoms with Gasteiger partial charge in [0.2, 0.25) is 0 Å². The number of hydrogen-bond donors (Lipinski definition) is 1. The molecule has 1 fully saturated rings. The number of hydrogen-bond acceptors (Lipinski definition) is 1. The summed E-state index contributed by atoms with van der Waals surface area (Å²) < 4.78 is 0. The highest BCUT2D eigenvalue weighted by Crippen LogP contribution is 2.32. The molecule has 1 aliphatic rings. The molecule has 1 heteroatoms. The summed E-state index contributed by atoms with van der Waals surface area (Å²) in [5, 5.41) is 3.41. The summed E-state index contributed by atoms with van der Waals surface area (Å²) in [6, 6.07) is 0.314. The molecule has 1 rings (SSSR count). The number of rotatable bonds is 4. The van der Waals surface area contributed by atoms with Gasteiger partial charge in [-0.15, -0.1) is 6.42 Å². The van der Waals surface area contributed by atoms with Gasteiger partial charge in [0.15, 0.2) is 0 Å². The van der Waals surface area contributed by atoms with E-state index in [1.54, 1.807) is 0 Å². The maximum Gasteiger partial charge on any atom is 0.0715 e. The maximum absolute atomic E-state index is 5.56. The molecule has 3 atom stereocenters. The molecule has 0 aliphatic heterocycles. The van der Waals surface area contributed by atoms with Crippen LogP contribution < -0.4 is 5.32 Å². The van der Waals surface area contributed by atoms with E-state index in [0.717, 1.165) is 18.4 Å². The van der Waals surface area contributed by atoms with Crippen LogP contribution in [-0.4, -0.2) is 12.6 Å². The molecule has 0 aromatic carbocycles. The fourth-order valence-electron chi connectivity index (χ4n) is 2.59. The largest absolute Gasteiger partial charge is 0.304 e. The van der Waals surface area contributed by atoms with Crippen LogP contribution in [0.15, 0.2) is 0 Å². The van der Waals surface area contributed by atoms with Crippen LogP contribution in [0.4, 0.5) is 0 Å². The quantitative estimate of drug-likeness (QED) is 0.677. The molecule has 0 aromatic heterocycles. The highest BCUT2D eigenvalue weighted by Gasteiger charge is 2.25. The Balaban J connectivity index is 2.45. The van der Waals surface area contributed by atoms with Gasteiger partial charge in [-0.05, 0) is 31.2 Å². The van der Waals surface area contributed by atoms with E-state index in [1.807, 2.05) is 0 Å². The molecule has 0 spiro atoms. The molecule has 1 saturated carbocycles. The summed E-state index contributed by atoms with van der Waals surface area (Å²) in [4.78, 5) is 0. The standard InChI is InChI=1S/C13H23N/c1-4-11-8-7-9-12(10-11)13(5-2)14-6-3/h2,11-14H,4,6-10H2,1,3H3. The molecule has 80 valence electrons. The lowest BCUT2D eigenvalue weighted by Gasteiger charge is -2.32. The SMILES string of the molecule is C#CC(NCC)C1CCCC(CC)C1. The van der Waals surface area contributed by atoms with Gasteiger partial charge in [-0.3, -0.25) is 0 Å². The van der Waals surface area contributed by atoms with Crippen LogP contribution in [0.5, 0.6) is 0 Å². The van der Waals surface area contributed by atoms with Crippen molar-refractivity contribution in [2.75, 3.05) is 6.54 Å². The van der Waals surface area contributed by atoms with Gasteiger partial charge >= 0.3 is 0 Å². The predicted molar refractivity (Wildman–Crippen MR) is 62.0 cm³/mol. The Labute approximate surface area is 88.7 Å². The first-order valence-electron chi connectivity index (χ1n) is 6.01. The van der Waals surface area contributed by atoms with Crippen molar-refractivity contribution in [2.45, 2.75) is 52.0 Å². The molecule has 0 amide bonds. The summed E-state index contributed by atoms with van der Waals surface area (Å²) >= 11 is 0. The average Bonchev–Trinajstić information content (AvgIpc) is 2.26. The summed E-state index contributed by atoms with van der Waals surface area (Å²) in [5.74, 6) is 4.55. The fraction of sp³-hybridized carbons (Fsp3) is 0.846. The number of terminal acetylenes is 1. The summed E-state index contributed by atoms with van der Waals surface area (Å²) in [5.41, 5.74) is 0. The lowest BCUT2D eigenvalue weighted by Crippen LogP contribution is -2.37. The third-order valence-corrected chi connectivity index (χ3v) is 3.48. The highest BCUT2D eigenvalue weighted by atomic mass is 14.9. The van der Waals surface area contributed by atoms with E-state index in [1.165, 1.54) is 32.1 Å². The molecule has 0 radical (unpaired) electrons. The van der Waals surface area contributed by atoms with Gasteiger partial charge in [-0.25, -0.2) is 0 Å². The second-order valence-corrected chi connectivity index (χ2v) is 4.40. The Bertz CT molecular complexity index is 192. The van der Waals surface area contributed by atoms with Gasteiger partial charge in [0.25, 0.3) is 0 Å². The van der Waals surface area contributed by atoms with Crippen molar-refractivity contribution >= 4 is 0 Å². The second kappa shape index (κ2) is 6.09. The van der Waals surface area contributed by atoms with Crippen molar-refractivity contribution in [1.29, 1.82) is 0 Å². The van der Waals surface area contributed by atoms with E-state index in [2.05, 4.69) is 25.1 Å². The topological polar surface area (TPSA) is 12.0 Å². The lowest BCUT2D eigenvalue weighted by molar-refractivity contribution is 0.233. The maximum atomic E-state index is 5.56. The van der Waals surface area contributed by atoms with Crippen molar-refractivity contribution in [3.05, 3.63) is 0 Å². The molecular weight excluding hydrogens is 170 g/mol. The molecule has 0 saturated heterocycles. The third kappa shape index (κ3) is 3.03. The van der Waals surface area contributed by atoms with Crippen molar-refractivity contribution in [1.82, 2.24) is 5.32 Å². The second-order valence-electron chi connectivity index (χ2n) is 4.40. The Morgan fingerprint density at radius 3 is 2.79 bits per heavy atom. The monoisotopic (exact) mass is 193 g/mol. The Morgan fingerprint density at radius 2 is 2.21 bits per heavy atom. The van der Waals surface area contributed by atoms with Crippen molar-refractivity contribution in [3.63, 3.8) is 0 Å². The molecular formula is C13H23N. The normalized spacial score (nSPS) is 29.5.